The Morgan fingerprint density at radius 1 is 1.06 bits per heavy atom. The van der Waals surface area contributed by atoms with E-state index >= 15 is 0 Å². The topological polar surface area (TPSA) is 0 Å². The third kappa shape index (κ3) is 1.15. The Hall–Kier alpha value is -0.260. The van der Waals surface area contributed by atoms with E-state index in [1.54, 1.807) is 19.3 Å². The zero-order valence-corrected chi connectivity index (χ0v) is 11.6. The van der Waals surface area contributed by atoms with Crippen molar-refractivity contribution in [1.82, 2.24) is 0 Å². The summed E-state index contributed by atoms with van der Waals surface area (Å²) in [4.78, 5) is 0. The van der Waals surface area contributed by atoms with Crippen LogP contribution >= 0.6 is 0 Å². The van der Waals surface area contributed by atoms with Gasteiger partial charge in [-0.25, -0.2) is 0 Å². The highest BCUT2D eigenvalue weighted by molar-refractivity contribution is 5.33. The van der Waals surface area contributed by atoms with Crippen molar-refractivity contribution in [3.05, 3.63) is 11.6 Å². The van der Waals surface area contributed by atoms with Crippen LogP contribution in [0.1, 0.15) is 59.3 Å². The third-order valence-corrected chi connectivity index (χ3v) is 7.35. The van der Waals surface area contributed by atoms with E-state index in [1.165, 1.54) is 19.3 Å². The summed E-state index contributed by atoms with van der Waals surface area (Å²) in [6.45, 7) is 7.58. The number of hydrogen-bond donors (Lipinski definition) is 0. The van der Waals surface area contributed by atoms with Gasteiger partial charge in [0.2, 0.25) is 0 Å². The summed E-state index contributed by atoms with van der Waals surface area (Å²) in [7, 11) is 0. The standard InChI is InChI=1S/C17H26/c1-16(2)15-6-7-17(16,3)10-14(15)13-9-11-4-5-12(13)8-11/h10-13,15H,4-9H2,1-3H3. The van der Waals surface area contributed by atoms with Gasteiger partial charge in [-0.2, -0.15) is 0 Å². The molecule has 3 fully saturated rings. The number of hydrogen-bond acceptors (Lipinski definition) is 0. The van der Waals surface area contributed by atoms with Crippen molar-refractivity contribution in [2.45, 2.75) is 59.3 Å². The highest BCUT2D eigenvalue weighted by atomic mass is 14.6. The summed E-state index contributed by atoms with van der Waals surface area (Å²) in [6, 6.07) is 0. The van der Waals surface area contributed by atoms with E-state index in [1.807, 2.05) is 5.57 Å². The van der Waals surface area contributed by atoms with Gasteiger partial charge in [-0.3, -0.25) is 0 Å². The summed E-state index contributed by atoms with van der Waals surface area (Å²) in [5.41, 5.74) is 2.98. The van der Waals surface area contributed by atoms with Crippen molar-refractivity contribution in [3.8, 4) is 0 Å². The van der Waals surface area contributed by atoms with Crippen molar-refractivity contribution < 1.29 is 0 Å². The molecule has 0 spiro atoms. The fraction of sp³-hybridized carbons (Fsp3) is 0.882. The molecule has 0 aromatic rings. The lowest BCUT2D eigenvalue weighted by atomic mass is 9.69. The Bertz CT molecular complexity index is 389. The van der Waals surface area contributed by atoms with Gasteiger partial charge in [0, 0.05) is 0 Å². The summed E-state index contributed by atoms with van der Waals surface area (Å²) in [5, 5.41) is 0. The quantitative estimate of drug-likeness (QED) is 0.567. The van der Waals surface area contributed by atoms with E-state index in [4.69, 9.17) is 0 Å². The molecule has 0 aromatic carbocycles. The zero-order valence-electron chi connectivity index (χ0n) is 11.6. The lowest BCUT2D eigenvalue weighted by molar-refractivity contribution is 0.174. The first-order valence-corrected chi connectivity index (χ1v) is 7.74. The second-order valence-corrected chi connectivity index (χ2v) is 8.16. The smallest absolute Gasteiger partial charge is 0.00866 e. The Morgan fingerprint density at radius 3 is 2.35 bits per heavy atom. The lowest BCUT2D eigenvalue weighted by Gasteiger charge is -2.34. The molecule has 0 saturated heterocycles. The molecule has 0 heterocycles. The molecule has 17 heavy (non-hydrogen) atoms. The summed E-state index contributed by atoms with van der Waals surface area (Å²) in [6.07, 6.45) is 11.8. The molecule has 0 amide bonds. The first kappa shape index (κ1) is 10.6. The molecule has 4 rings (SSSR count). The molecule has 0 aliphatic heterocycles. The van der Waals surface area contributed by atoms with E-state index in [0.717, 1.165) is 23.7 Å². The van der Waals surface area contributed by atoms with Gasteiger partial charge in [-0.05, 0) is 66.6 Å². The Morgan fingerprint density at radius 2 is 1.88 bits per heavy atom. The largest absolute Gasteiger partial charge is 0.0782 e. The third-order valence-electron chi connectivity index (χ3n) is 7.35. The van der Waals surface area contributed by atoms with Crippen molar-refractivity contribution >= 4 is 0 Å². The van der Waals surface area contributed by atoms with Crippen LogP contribution in [0.4, 0.5) is 0 Å². The van der Waals surface area contributed by atoms with E-state index in [2.05, 4.69) is 26.8 Å². The maximum absolute atomic E-state index is 2.74. The van der Waals surface area contributed by atoms with Gasteiger partial charge in [-0.1, -0.05) is 38.8 Å². The fourth-order valence-electron chi connectivity index (χ4n) is 5.85. The van der Waals surface area contributed by atoms with E-state index in [-0.39, 0.29) is 0 Å². The average Bonchev–Trinajstić information content (AvgIpc) is 2.97. The molecular weight excluding hydrogens is 204 g/mol. The van der Waals surface area contributed by atoms with Crippen LogP contribution in [0.2, 0.25) is 0 Å². The molecule has 0 aromatic heterocycles. The molecule has 0 nitrogen and oxygen atoms in total. The van der Waals surface area contributed by atoms with E-state index in [9.17, 15) is 0 Å². The van der Waals surface area contributed by atoms with Gasteiger partial charge in [-0.15, -0.1) is 0 Å². The van der Waals surface area contributed by atoms with Crippen LogP contribution in [0.3, 0.4) is 0 Å². The summed E-state index contributed by atoms with van der Waals surface area (Å²) < 4.78 is 0. The highest BCUT2D eigenvalue weighted by Crippen LogP contribution is 2.68. The molecule has 4 bridgehead atoms. The number of rotatable bonds is 1. The predicted molar refractivity (Wildman–Crippen MR) is 71.6 cm³/mol. The van der Waals surface area contributed by atoms with Crippen LogP contribution in [-0.4, -0.2) is 0 Å². The maximum Gasteiger partial charge on any atom is -0.00866 e. The SMILES string of the molecule is CC12C=C(C3CC4CCC3C4)C(CC1)C2(C)C. The molecule has 0 radical (unpaired) electrons. The van der Waals surface area contributed by atoms with Gasteiger partial charge in [0.15, 0.2) is 0 Å². The Kier molecular flexibility index (Phi) is 1.88. The van der Waals surface area contributed by atoms with Crippen molar-refractivity contribution in [2.24, 2.45) is 34.5 Å². The predicted octanol–water partition coefficient (Wildman–Crippen LogP) is 4.81. The van der Waals surface area contributed by atoms with Crippen LogP contribution in [0.5, 0.6) is 0 Å². The Balaban J connectivity index is 1.69. The van der Waals surface area contributed by atoms with Crippen LogP contribution in [-0.2, 0) is 0 Å². The molecule has 94 valence electrons. The Labute approximate surface area is 106 Å². The van der Waals surface area contributed by atoms with Crippen molar-refractivity contribution in [1.29, 1.82) is 0 Å². The van der Waals surface area contributed by atoms with Crippen LogP contribution in [0.25, 0.3) is 0 Å². The van der Waals surface area contributed by atoms with Gasteiger partial charge in [0.05, 0.1) is 0 Å². The van der Waals surface area contributed by atoms with Crippen molar-refractivity contribution in [2.75, 3.05) is 0 Å². The minimum atomic E-state index is 0.523. The second-order valence-electron chi connectivity index (χ2n) is 8.16. The maximum atomic E-state index is 2.74. The summed E-state index contributed by atoms with van der Waals surface area (Å²) in [5.74, 6) is 4.10. The lowest BCUT2D eigenvalue weighted by Crippen LogP contribution is -2.28. The summed E-state index contributed by atoms with van der Waals surface area (Å²) >= 11 is 0. The molecule has 5 atom stereocenters. The molecule has 3 saturated carbocycles. The number of fused-ring (bicyclic) bond motifs is 4. The minimum absolute atomic E-state index is 0.523. The second kappa shape index (κ2) is 3.00. The molecule has 0 heteroatoms. The van der Waals surface area contributed by atoms with Crippen LogP contribution in [0, 0.1) is 34.5 Å². The normalized spacial score (nSPS) is 54.4. The average molecular weight is 230 g/mol. The highest BCUT2D eigenvalue weighted by Gasteiger charge is 2.58. The number of allylic oxidation sites excluding steroid dienone is 2. The first-order valence-electron chi connectivity index (χ1n) is 7.74. The minimum Gasteiger partial charge on any atom is -0.0782 e. The molecule has 4 aliphatic carbocycles. The molecule has 5 unspecified atom stereocenters. The van der Waals surface area contributed by atoms with E-state index in [0.29, 0.717) is 10.8 Å². The van der Waals surface area contributed by atoms with Crippen LogP contribution < -0.4 is 0 Å². The van der Waals surface area contributed by atoms with Gasteiger partial charge >= 0.3 is 0 Å². The van der Waals surface area contributed by atoms with Gasteiger partial charge < -0.3 is 0 Å². The van der Waals surface area contributed by atoms with Gasteiger partial charge in [0.25, 0.3) is 0 Å². The van der Waals surface area contributed by atoms with Crippen molar-refractivity contribution in [3.63, 3.8) is 0 Å². The fourth-order valence-corrected chi connectivity index (χ4v) is 5.85. The van der Waals surface area contributed by atoms with Gasteiger partial charge in [0.1, 0.15) is 0 Å². The van der Waals surface area contributed by atoms with E-state index < -0.39 is 0 Å². The first-order chi connectivity index (χ1) is 8.01. The zero-order chi connectivity index (χ0) is 11.8. The monoisotopic (exact) mass is 230 g/mol. The van der Waals surface area contributed by atoms with Crippen LogP contribution in [0.15, 0.2) is 11.6 Å². The molecule has 0 N–H and O–H groups in total. The molecule has 4 aliphatic rings. The molecular formula is C17H26.